The normalized spacial score (nSPS) is 10.7. The Labute approximate surface area is 138 Å². The minimum absolute atomic E-state index is 0.0476. The molecule has 6 heteroatoms. The van der Waals surface area contributed by atoms with Gasteiger partial charge < -0.3 is 14.5 Å². The number of rotatable bonds is 5. The molecule has 0 bridgehead atoms. The topological polar surface area (TPSA) is 55.6 Å². The number of pyridine rings is 1. The maximum Gasteiger partial charge on any atom is 0.258 e. The first-order valence-electron chi connectivity index (χ1n) is 7.20. The summed E-state index contributed by atoms with van der Waals surface area (Å²) >= 11 is 5.79. The maximum atomic E-state index is 11.8. The number of hydrogen-bond donors (Lipinski definition) is 1. The van der Waals surface area contributed by atoms with Gasteiger partial charge in [-0.3, -0.25) is 4.79 Å². The van der Waals surface area contributed by atoms with Crippen molar-refractivity contribution >= 4 is 23.2 Å². The average Bonchev–Trinajstić information content (AvgIpc) is 2.97. The van der Waals surface area contributed by atoms with Crippen LogP contribution < -0.4 is 10.1 Å². The number of ether oxygens (including phenoxy) is 1. The van der Waals surface area contributed by atoms with Gasteiger partial charge in [-0.05, 0) is 43.3 Å². The van der Waals surface area contributed by atoms with Gasteiger partial charge in [-0.25, -0.2) is 4.98 Å². The Morgan fingerprint density at radius 3 is 2.78 bits per heavy atom. The molecule has 1 N–H and O–H groups in total. The van der Waals surface area contributed by atoms with Crippen LogP contribution in [0.5, 0.6) is 5.75 Å². The minimum atomic E-state index is -0.200. The number of nitrogens with one attached hydrogen (secondary N) is 1. The summed E-state index contributed by atoms with van der Waals surface area (Å²) in [6.45, 7) is 2.33. The molecule has 0 radical (unpaired) electrons. The van der Waals surface area contributed by atoms with E-state index in [1.165, 1.54) is 0 Å². The molecule has 0 aliphatic rings. The van der Waals surface area contributed by atoms with E-state index in [9.17, 15) is 4.79 Å². The lowest BCUT2D eigenvalue weighted by molar-refractivity contribution is -0.123. The number of hydrogen-bond acceptors (Lipinski definition) is 3. The molecule has 23 heavy (non-hydrogen) atoms. The van der Waals surface area contributed by atoms with Crippen LogP contribution in [0.3, 0.4) is 0 Å². The summed E-state index contributed by atoms with van der Waals surface area (Å²) in [5.41, 5.74) is 2.77. The summed E-state index contributed by atoms with van der Waals surface area (Å²) in [6.07, 6.45) is 1.92. The summed E-state index contributed by atoms with van der Waals surface area (Å²) in [4.78, 5) is 16.3. The van der Waals surface area contributed by atoms with Crippen molar-refractivity contribution in [3.63, 3.8) is 0 Å². The fraction of sp³-hybridized carbons (Fsp3) is 0.176. The van der Waals surface area contributed by atoms with Crippen LogP contribution in [0.25, 0.3) is 5.65 Å². The van der Waals surface area contributed by atoms with Crippen LogP contribution in [-0.4, -0.2) is 21.9 Å². The second-order valence-electron chi connectivity index (χ2n) is 5.15. The second kappa shape index (κ2) is 6.71. The maximum absolute atomic E-state index is 11.8. The highest BCUT2D eigenvalue weighted by atomic mass is 35.5. The van der Waals surface area contributed by atoms with Crippen LogP contribution in [-0.2, 0) is 11.3 Å². The Morgan fingerprint density at radius 2 is 2.04 bits per heavy atom. The number of benzene rings is 1. The Hall–Kier alpha value is -2.53. The van der Waals surface area contributed by atoms with Crippen molar-refractivity contribution in [3.8, 4) is 5.75 Å². The standard InChI is InChI=1S/C17H16ClN3O2/c1-12-3-2-4-16-20-14(10-21(12)16)9-19-17(22)11-23-15-7-5-13(18)6-8-15/h2-8,10H,9,11H2,1H3,(H,19,22). The number of imidazole rings is 1. The van der Waals surface area contributed by atoms with Crippen LogP contribution in [0.1, 0.15) is 11.4 Å². The van der Waals surface area contributed by atoms with Gasteiger partial charge in [-0.2, -0.15) is 0 Å². The first-order chi connectivity index (χ1) is 11.1. The molecule has 2 heterocycles. The summed E-state index contributed by atoms with van der Waals surface area (Å²) in [5, 5.41) is 3.42. The number of fused-ring (bicyclic) bond motifs is 1. The molecule has 118 valence electrons. The monoisotopic (exact) mass is 329 g/mol. The molecule has 0 saturated carbocycles. The molecule has 1 amide bonds. The van der Waals surface area contributed by atoms with Crippen molar-refractivity contribution in [2.75, 3.05) is 6.61 Å². The Kier molecular flexibility index (Phi) is 4.48. The highest BCUT2D eigenvalue weighted by Crippen LogP contribution is 2.15. The lowest BCUT2D eigenvalue weighted by Crippen LogP contribution is -2.28. The number of carbonyl (C=O) groups is 1. The van der Waals surface area contributed by atoms with Crippen LogP contribution in [0.15, 0.2) is 48.7 Å². The number of aromatic nitrogens is 2. The van der Waals surface area contributed by atoms with E-state index in [1.54, 1.807) is 24.3 Å². The molecule has 0 saturated heterocycles. The van der Waals surface area contributed by atoms with Crippen molar-refractivity contribution in [1.82, 2.24) is 14.7 Å². The van der Waals surface area contributed by atoms with E-state index in [2.05, 4.69) is 10.3 Å². The van der Waals surface area contributed by atoms with Crippen molar-refractivity contribution in [2.45, 2.75) is 13.5 Å². The third kappa shape index (κ3) is 3.81. The lowest BCUT2D eigenvalue weighted by atomic mass is 10.3. The first-order valence-corrected chi connectivity index (χ1v) is 7.58. The zero-order valence-corrected chi connectivity index (χ0v) is 13.4. The number of nitrogens with zero attached hydrogens (tertiary/aromatic N) is 2. The molecule has 5 nitrogen and oxygen atoms in total. The predicted octanol–water partition coefficient (Wildman–Crippen LogP) is 2.99. The van der Waals surface area contributed by atoms with E-state index in [0.717, 1.165) is 17.0 Å². The van der Waals surface area contributed by atoms with Crippen LogP contribution in [0.4, 0.5) is 0 Å². The van der Waals surface area contributed by atoms with Crippen molar-refractivity contribution in [2.24, 2.45) is 0 Å². The van der Waals surface area contributed by atoms with Gasteiger partial charge in [-0.15, -0.1) is 0 Å². The Morgan fingerprint density at radius 1 is 1.26 bits per heavy atom. The lowest BCUT2D eigenvalue weighted by Gasteiger charge is -2.06. The number of halogens is 1. The summed E-state index contributed by atoms with van der Waals surface area (Å²) in [6, 6.07) is 12.8. The highest BCUT2D eigenvalue weighted by molar-refractivity contribution is 6.30. The van der Waals surface area contributed by atoms with Gasteiger partial charge in [-0.1, -0.05) is 17.7 Å². The van der Waals surface area contributed by atoms with Crippen LogP contribution in [0.2, 0.25) is 5.02 Å². The largest absolute Gasteiger partial charge is 0.484 e. The van der Waals surface area contributed by atoms with Gasteiger partial charge in [0.1, 0.15) is 11.4 Å². The molecule has 0 aliphatic carbocycles. The molecule has 0 spiro atoms. The van der Waals surface area contributed by atoms with Gasteiger partial charge in [0.2, 0.25) is 0 Å². The number of carbonyl (C=O) groups excluding carboxylic acids is 1. The zero-order valence-electron chi connectivity index (χ0n) is 12.6. The smallest absolute Gasteiger partial charge is 0.258 e. The summed E-state index contributed by atoms with van der Waals surface area (Å²) in [7, 11) is 0. The Balaban J connectivity index is 1.53. The van der Waals surface area contributed by atoms with E-state index in [-0.39, 0.29) is 12.5 Å². The van der Waals surface area contributed by atoms with E-state index >= 15 is 0 Å². The van der Waals surface area contributed by atoms with Crippen LogP contribution in [0, 0.1) is 6.92 Å². The molecule has 3 aromatic rings. The molecular weight excluding hydrogens is 314 g/mol. The fourth-order valence-corrected chi connectivity index (χ4v) is 2.33. The molecule has 0 atom stereocenters. The SMILES string of the molecule is Cc1cccc2nc(CNC(=O)COc3ccc(Cl)cc3)cn12. The molecule has 3 rings (SSSR count). The molecule has 0 aliphatic heterocycles. The predicted molar refractivity (Wildman–Crippen MR) is 88.7 cm³/mol. The van der Waals surface area contributed by atoms with E-state index in [0.29, 0.717) is 17.3 Å². The molecule has 0 fully saturated rings. The molecule has 2 aromatic heterocycles. The third-order valence-corrected chi connectivity index (χ3v) is 3.65. The summed E-state index contributed by atoms with van der Waals surface area (Å²) < 4.78 is 7.38. The van der Waals surface area contributed by atoms with Crippen LogP contribution >= 0.6 is 11.6 Å². The first kappa shape index (κ1) is 15.4. The molecule has 0 unspecified atom stereocenters. The van der Waals surface area contributed by atoms with E-state index in [4.69, 9.17) is 16.3 Å². The van der Waals surface area contributed by atoms with Gasteiger partial charge in [0.25, 0.3) is 5.91 Å². The van der Waals surface area contributed by atoms with Gasteiger partial charge >= 0.3 is 0 Å². The molecular formula is C17H16ClN3O2. The number of aryl methyl sites for hydroxylation is 1. The average molecular weight is 330 g/mol. The van der Waals surface area contributed by atoms with Gasteiger partial charge in [0.15, 0.2) is 6.61 Å². The van der Waals surface area contributed by atoms with Crippen molar-refractivity contribution in [1.29, 1.82) is 0 Å². The summed E-state index contributed by atoms with van der Waals surface area (Å²) in [5.74, 6) is 0.404. The quantitative estimate of drug-likeness (QED) is 0.783. The number of amides is 1. The Bertz CT molecular complexity index is 827. The van der Waals surface area contributed by atoms with Crippen molar-refractivity contribution < 1.29 is 9.53 Å². The van der Waals surface area contributed by atoms with Gasteiger partial charge in [0.05, 0.1) is 12.2 Å². The molecule has 1 aromatic carbocycles. The van der Waals surface area contributed by atoms with E-state index < -0.39 is 0 Å². The third-order valence-electron chi connectivity index (χ3n) is 3.40. The minimum Gasteiger partial charge on any atom is -0.484 e. The zero-order chi connectivity index (χ0) is 16.2. The fourth-order valence-electron chi connectivity index (χ4n) is 2.20. The van der Waals surface area contributed by atoms with E-state index in [1.807, 2.05) is 35.7 Å². The highest BCUT2D eigenvalue weighted by Gasteiger charge is 2.06. The van der Waals surface area contributed by atoms with Crippen molar-refractivity contribution in [3.05, 3.63) is 65.1 Å². The second-order valence-corrected chi connectivity index (χ2v) is 5.58. The van der Waals surface area contributed by atoms with Gasteiger partial charge in [0, 0.05) is 16.9 Å².